The molecule has 1 atom stereocenters. The summed E-state index contributed by atoms with van der Waals surface area (Å²) in [6.45, 7) is 0.793. The van der Waals surface area contributed by atoms with Gasteiger partial charge in [0.1, 0.15) is 17.7 Å². The van der Waals surface area contributed by atoms with Gasteiger partial charge in [-0.1, -0.05) is 11.2 Å². The Balaban J connectivity index is 1.55. The molecule has 1 aliphatic heterocycles. The highest BCUT2D eigenvalue weighted by Gasteiger charge is 2.31. The normalized spacial score (nSPS) is 17.2. The summed E-state index contributed by atoms with van der Waals surface area (Å²) in [6, 6.07) is 2.94. The van der Waals surface area contributed by atoms with Gasteiger partial charge in [-0.3, -0.25) is 9.48 Å². The number of ether oxygens (including phenoxy) is 1. The molecular weight excluding hydrogens is 384 g/mol. The first-order valence-corrected chi connectivity index (χ1v) is 8.86. The maximum Gasteiger partial charge on any atom is 0.261 e. The first-order chi connectivity index (χ1) is 14.0. The van der Waals surface area contributed by atoms with Crippen LogP contribution in [0.2, 0.25) is 0 Å². The number of aryl methyl sites for hydroxylation is 1. The fraction of sp³-hybridized carbons (Fsp3) is 0.263. The van der Waals surface area contributed by atoms with Crippen LogP contribution >= 0.6 is 0 Å². The van der Waals surface area contributed by atoms with E-state index in [0.29, 0.717) is 12.2 Å². The summed E-state index contributed by atoms with van der Waals surface area (Å²) >= 11 is 0. The van der Waals surface area contributed by atoms with E-state index >= 15 is 0 Å². The third-order valence-corrected chi connectivity index (χ3v) is 4.50. The first kappa shape index (κ1) is 18.9. The molecule has 0 N–H and O–H groups in total. The highest BCUT2D eigenvalue weighted by molar-refractivity contribution is 5.92. The third-order valence-electron chi connectivity index (χ3n) is 4.50. The van der Waals surface area contributed by atoms with Crippen LogP contribution in [0, 0.1) is 11.6 Å². The summed E-state index contributed by atoms with van der Waals surface area (Å²) in [4.78, 5) is 18.5. The van der Waals surface area contributed by atoms with E-state index in [9.17, 15) is 13.6 Å². The van der Waals surface area contributed by atoms with Gasteiger partial charge in [0.05, 0.1) is 25.0 Å². The van der Waals surface area contributed by atoms with E-state index in [0.717, 1.165) is 24.3 Å². The summed E-state index contributed by atoms with van der Waals surface area (Å²) in [7, 11) is 1.76. The van der Waals surface area contributed by atoms with Crippen molar-refractivity contribution in [3.05, 3.63) is 59.7 Å². The number of nitrogens with zero attached hydrogens (tertiary/aromatic N) is 5. The van der Waals surface area contributed by atoms with Gasteiger partial charge in [-0.15, -0.1) is 0 Å². The molecule has 1 amide bonds. The van der Waals surface area contributed by atoms with Crippen molar-refractivity contribution < 1.29 is 22.8 Å². The minimum absolute atomic E-state index is 0.180. The summed E-state index contributed by atoms with van der Waals surface area (Å²) in [5.41, 5.74) is 0.375. The fourth-order valence-electron chi connectivity index (χ4n) is 3.02. The number of halogens is 2. The lowest BCUT2D eigenvalue weighted by Gasteiger charge is -2.32. The number of aromatic nitrogens is 4. The number of benzene rings is 1. The second-order valence-corrected chi connectivity index (χ2v) is 6.45. The molecule has 4 rings (SSSR count). The van der Waals surface area contributed by atoms with Crippen LogP contribution in [0.3, 0.4) is 0 Å². The molecule has 29 heavy (non-hydrogen) atoms. The monoisotopic (exact) mass is 401 g/mol. The van der Waals surface area contributed by atoms with Crippen molar-refractivity contribution in [1.82, 2.24) is 24.8 Å². The van der Waals surface area contributed by atoms with E-state index in [2.05, 4.69) is 15.2 Å². The molecule has 1 aromatic carbocycles. The molecule has 0 radical (unpaired) electrons. The summed E-state index contributed by atoms with van der Waals surface area (Å²) < 4.78 is 39.9. The van der Waals surface area contributed by atoms with E-state index in [1.807, 2.05) is 0 Å². The molecule has 0 saturated carbocycles. The number of morpholine rings is 1. The van der Waals surface area contributed by atoms with Crippen LogP contribution in [0.4, 0.5) is 8.78 Å². The molecule has 1 unspecified atom stereocenters. The van der Waals surface area contributed by atoms with Crippen LogP contribution in [0.15, 0.2) is 41.2 Å². The quantitative estimate of drug-likeness (QED) is 0.624. The number of carbonyl (C=O) groups is 1. The molecule has 0 aliphatic carbocycles. The average Bonchev–Trinajstić information content (AvgIpc) is 3.36. The lowest BCUT2D eigenvalue weighted by atomic mass is 10.1. The van der Waals surface area contributed by atoms with Gasteiger partial charge in [0.25, 0.3) is 5.89 Å². The molecule has 1 aliphatic rings. The van der Waals surface area contributed by atoms with Crippen LogP contribution in [0.25, 0.3) is 17.5 Å². The molecule has 10 heteroatoms. The average molecular weight is 401 g/mol. The van der Waals surface area contributed by atoms with Crippen molar-refractivity contribution in [3.8, 4) is 11.5 Å². The predicted molar refractivity (Wildman–Crippen MR) is 97.2 cm³/mol. The maximum absolute atomic E-state index is 13.8. The number of amides is 1. The highest BCUT2D eigenvalue weighted by atomic mass is 19.1. The van der Waals surface area contributed by atoms with Gasteiger partial charge in [-0.25, -0.2) is 8.78 Å². The van der Waals surface area contributed by atoms with Crippen molar-refractivity contribution in [2.75, 3.05) is 19.8 Å². The molecule has 0 spiro atoms. The number of carbonyl (C=O) groups excluding carboxylic acids is 1. The third kappa shape index (κ3) is 3.92. The van der Waals surface area contributed by atoms with Gasteiger partial charge in [0.15, 0.2) is 5.82 Å². The Morgan fingerprint density at radius 2 is 2.10 bits per heavy atom. The molecule has 2 aromatic heterocycles. The Morgan fingerprint density at radius 1 is 1.31 bits per heavy atom. The lowest BCUT2D eigenvalue weighted by Crippen LogP contribution is -2.43. The Morgan fingerprint density at radius 3 is 2.83 bits per heavy atom. The summed E-state index contributed by atoms with van der Waals surface area (Å²) in [5, 5.41) is 8.02. The number of hydrogen-bond acceptors (Lipinski definition) is 6. The van der Waals surface area contributed by atoms with Crippen LogP contribution in [0.5, 0.6) is 0 Å². The Labute approximate surface area is 164 Å². The highest BCUT2D eigenvalue weighted by Crippen LogP contribution is 2.25. The zero-order valence-electron chi connectivity index (χ0n) is 15.5. The van der Waals surface area contributed by atoms with E-state index in [1.165, 1.54) is 11.0 Å². The van der Waals surface area contributed by atoms with Gasteiger partial charge in [-0.2, -0.15) is 10.1 Å². The Hall–Kier alpha value is -3.40. The second kappa shape index (κ2) is 7.92. The van der Waals surface area contributed by atoms with E-state index in [-0.39, 0.29) is 30.4 Å². The maximum atomic E-state index is 13.8. The minimum Gasteiger partial charge on any atom is -0.377 e. The molecule has 0 bridgehead atoms. The van der Waals surface area contributed by atoms with Gasteiger partial charge in [-0.05, 0) is 18.2 Å². The zero-order chi connectivity index (χ0) is 20.4. The number of rotatable bonds is 4. The topological polar surface area (TPSA) is 86.3 Å². The molecular formula is C19H17F2N5O3. The molecule has 150 valence electrons. The second-order valence-electron chi connectivity index (χ2n) is 6.45. The van der Waals surface area contributed by atoms with Gasteiger partial charge in [0, 0.05) is 31.4 Å². The van der Waals surface area contributed by atoms with Crippen molar-refractivity contribution in [3.63, 3.8) is 0 Å². The van der Waals surface area contributed by atoms with Crippen molar-refractivity contribution in [2.45, 2.75) is 6.04 Å². The van der Waals surface area contributed by atoms with Gasteiger partial charge in [0.2, 0.25) is 5.91 Å². The van der Waals surface area contributed by atoms with Crippen LogP contribution in [0.1, 0.15) is 17.4 Å². The molecule has 3 heterocycles. The SMILES string of the molecule is Cn1cc(-c2nc(C3COCCN3C(=O)/C=C/c3c(F)cccc3F)no2)cn1. The largest absolute Gasteiger partial charge is 0.377 e. The molecule has 8 nitrogen and oxygen atoms in total. The summed E-state index contributed by atoms with van der Waals surface area (Å²) in [5.74, 6) is -1.37. The van der Waals surface area contributed by atoms with E-state index < -0.39 is 23.6 Å². The van der Waals surface area contributed by atoms with Crippen LogP contribution in [-0.4, -0.2) is 50.5 Å². The minimum atomic E-state index is -0.744. The van der Waals surface area contributed by atoms with Crippen LogP contribution in [-0.2, 0) is 16.6 Å². The molecule has 1 fully saturated rings. The van der Waals surface area contributed by atoms with Crippen molar-refractivity contribution in [2.24, 2.45) is 7.05 Å². The first-order valence-electron chi connectivity index (χ1n) is 8.86. The lowest BCUT2D eigenvalue weighted by molar-refractivity contribution is -0.135. The van der Waals surface area contributed by atoms with Gasteiger partial charge < -0.3 is 14.2 Å². The summed E-state index contributed by atoms with van der Waals surface area (Å²) in [6.07, 6.45) is 5.56. The van der Waals surface area contributed by atoms with Crippen molar-refractivity contribution >= 4 is 12.0 Å². The predicted octanol–water partition coefficient (Wildman–Crippen LogP) is 2.36. The van der Waals surface area contributed by atoms with Crippen molar-refractivity contribution in [1.29, 1.82) is 0 Å². The number of hydrogen-bond donors (Lipinski definition) is 0. The van der Waals surface area contributed by atoms with E-state index in [1.54, 1.807) is 24.1 Å². The Kier molecular flexibility index (Phi) is 5.17. The van der Waals surface area contributed by atoms with E-state index in [4.69, 9.17) is 9.26 Å². The molecule has 1 saturated heterocycles. The standard InChI is InChI=1S/C19H17F2N5O3/c1-25-10-12(9-22-25)19-23-18(24-29-19)16-11-28-8-7-26(16)17(27)6-5-13-14(20)3-2-4-15(13)21/h2-6,9-10,16H,7-8,11H2,1H3/b6-5+. The zero-order valence-corrected chi connectivity index (χ0v) is 15.5. The van der Waals surface area contributed by atoms with Crippen LogP contribution < -0.4 is 0 Å². The molecule has 3 aromatic rings. The fourth-order valence-corrected chi connectivity index (χ4v) is 3.02. The smallest absolute Gasteiger partial charge is 0.261 e. The Bertz CT molecular complexity index is 1040. The van der Waals surface area contributed by atoms with Gasteiger partial charge >= 0.3 is 0 Å².